The van der Waals surface area contributed by atoms with Crippen LogP contribution in [0.25, 0.3) is 0 Å². The molecule has 2 N–H and O–H groups in total. The Morgan fingerprint density at radius 3 is 1.91 bits per heavy atom. The van der Waals surface area contributed by atoms with Gasteiger partial charge in [-0.1, -0.05) is 30.3 Å². The molecule has 0 fully saturated rings. The largest absolute Gasteiger partial charge is 0.507 e. The third kappa shape index (κ3) is 5.66. The molecule has 0 bridgehead atoms. The van der Waals surface area contributed by atoms with Gasteiger partial charge in [-0.3, -0.25) is 9.59 Å². The summed E-state index contributed by atoms with van der Waals surface area (Å²) in [7, 11) is 7.73. The first-order valence-electron chi connectivity index (χ1n) is 11.7. The van der Waals surface area contributed by atoms with Gasteiger partial charge < -0.3 is 29.1 Å². The molecule has 0 spiro atoms. The van der Waals surface area contributed by atoms with Gasteiger partial charge in [-0.05, 0) is 53.7 Å². The van der Waals surface area contributed by atoms with E-state index in [-0.39, 0.29) is 28.2 Å². The molecule has 0 radical (unpaired) electrons. The maximum atomic E-state index is 13.8. The van der Waals surface area contributed by atoms with Gasteiger partial charge in [0.2, 0.25) is 0 Å². The van der Waals surface area contributed by atoms with Crippen molar-refractivity contribution in [2.75, 3.05) is 41.3 Å². The molecule has 0 aliphatic heterocycles. The highest BCUT2D eigenvalue weighted by Gasteiger charge is 2.30. The van der Waals surface area contributed by atoms with Gasteiger partial charge in [0.25, 0.3) is 11.1 Å². The minimum Gasteiger partial charge on any atom is -0.507 e. The lowest BCUT2D eigenvalue weighted by Gasteiger charge is -2.26. The molecule has 35 heavy (non-hydrogen) atoms. The summed E-state index contributed by atoms with van der Waals surface area (Å²) >= 11 is 0. The molecule has 3 aromatic rings. The third-order valence-electron chi connectivity index (χ3n) is 6.37. The fraction of sp³-hybridized carbons (Fsp3) is 0.407. The summed E-state index contributed by atoms with van der Waals surface area (Å²) in [4.78, 5) is 30.6. The second-order valence-corrected chi connectivity index (χ2v) is 9.51. The van der Waals surface area contributed by atoms with Gasteiger partial charge >= 0.3 is 0 Å². The van der Waals surface area contributed by atoms with E-state index in [1.807, 2.05) is 68.3 Å². The standard InChI is InChI=1S/C27H36N4O4/c1-18-16-21(32)26(27(35)30(18)14-12-28(3)4)25(20-10-8-7-9-11-20)24-19(2)31(15-13-29(5)6)23(34)17-22(24)33/h7-11,16-17,25,32-33H,12-15H2,1-6H3. The molecule has 0 aliphatic rings. The summed E-state index contributed by atoms with van der Waals surface area (Å²) in [5.41, 5.74) is 1.93. The van der Waals surface area contributed by atoms with Crippen LogP contribution in [0.5, 0.6) is 11.5 Å². The number of nitrogens with zero attached hydrogens (tertiary/aromatic N) is 4. The van der Waals surface area contributed by atoms with E-state index in [0.717, 1.165) is 5.56 Å². The number of rotatable bonds is 9. The number of pyridine rings is 2. The van der Waals surface area contributed by atoms with Crippen molar-refractivity contribution in [1.29, 1.82) is 0 Å². The zero-order valence-corrected chi connectivity index (χ0v) is 21.4. The SMILES string of the molecule is Cc1c(C(c2ccccc2)c2c(O)cc(C)n(CCN(C)C)c2=O)c(O)cc(=O)n1CCN(C)C. The van der Waals surface area contributed by atoms with Crippen LogP contribution in [0, 0.1) is 13.8 Å². The highest BCUT2D eigenvalue weighted by molar-refractivity contribution is 5.53. The molecule has 2 heterocycles. The predicted molar refractivity (Wildman–Crippen MR) is 139 cm³/mol. The Labute approximate surface area is 206 Å². The number of likely N-dealkylation sites (N-methyl/N-ethyl adjacent to an activating group) is 2. The summed E-state index contributed by atoms with van der Waals surface area (Å²) in [5, 5.41) is 22.1. The van der Waals surface area contributed by atoms with Crippen LogP contribution in [0.1, 0.15) is 34.0 Å². The van der Waals surface area contributed by atoms with Gasteiger partial charge in [0.1, 0.15) is 11.5 Å². The Kier molecular flexibility index (Phi) is 8.19. The Morgan fingerprint density at radius 2 is 1.34 bits per heavy atom. The normalized spacial score (nSPS) is 12.5. The fourth-order valence-corrected chi connectivity index (χ4v) is 4.44. The Hall–Kier alpha value is -3.36. The van der Waals surface area contributed by atoms with Gasteiger partial charge in [-0.15, -0.1) is 0 Å². The van der Waals surface area contributed by atoms with Crippen molar-refractivity contribution in [2.24, 2.45) is 0 Å². The van der Waals surface area contributed by atoms with E-state index in [2.05, 4.69) is 0 Å². The topological polar surface area (TPSA) is 90.9 Å². The lowest BCUT2D eigenvalue weighted by molar-refractivity contribution is 0.375. The molecule has 8 nitrogen and oxygen atoms in total. The van der Waals surface area contributed by atoms with Crippen LogP contribution in [-0.4, -0.2) is 70.4 Å². The van der Waals surface area contributed by atoms with Crippen molar-refractivity contribution in [3.8, 4) is 11.5 Å². The highest BCUT2D eigenvalue weighted by atomic mass is 16.3. The Morgan fingerprint density at radius 1 is 0.800 bits per heavy atom. The lowest BCUT2D eigenvalue weighted by atomic mass is 9.83. The van der Waals surface area contributed by atoms with Crippen LogP contribution >= 0.6 is 0 Å². The number of hydrogen-bond donors (Lipinski definition) is 2. The first-order chi connectivity index (χ1) is 16.5. The van der Waals surface area contributed by atoms with Crippen molar-refractivity contribution < 1.29 is 10.2 Å². The highest BCUT2D eigenvalue weighted by Crippen LogP contribution is 2.40. The van der Waals surface area contributed by atoms with Gasteiger partial charge in [0.05, 0.1) is 5.56 Å². The van der Waals surface area contributed by atoms with Crippen LogP contribution in [0.3, 0.4) is 0 Å². The van der Waals surface area contributed by atoms with Gasteiger partial charge in [-0.2, -0.15) is 0 Å². The Balaban J connectivity index is 2.33. The van der Waals surface area contributed by atoms with E-state index in [0.29, 0.717) is 43.1 Å². The first kappa shape index (κ1) is 26.2. The first-order valence-corrected chi connectivity index (χ1v) is 11.7. The van der Waals surface area contributed by atoms with E-state index in [9.17, 15) is 19.8 Å². The van der Waals surface area contributed by atoms with Crippen LogP contribution in [0.15, 0.2) is 52.1 Å². The van der Waals surface area contributed by atoms with Gasteiger partial charge in [0.15, 0.2) is 0 Å². The monoisotopic (exact) mass is 480 g/mol. The Bertz CT molecular complexity index is 1290. The van der Waals surface area contributed by atoms with Crippen LogP contribution < -0.4 is 11.1 Å². The molecule has 0 aliphatic carbocycles. The number of aryl methyl sites for hydroxylation is 1. The maximum absolute atomic E-state index is 13.8. The summed E-state index contributed by atoms with van der Waals surface area (Å²) in [6.07, 6.45) is 0. The lowest BCUT2D eigenvalue weighted by Crippen LogP contribution is -2.33. The number of hydrogen-bond acceptors (Lipinski definition) is 6. The number of aromatic hydroxyl groups is 2. The second kappa shape index (κ2) is 10.9. The van der Waals surface area contributed by atoms with E-state index in [1.165, 1.54) is 6.07 Å². The molecule has 0 amide bonds. The zero-order valence-electron chi connectivity index (χ0n) is 21.4. The smallest absolute Gasteiger partial charge is 0.258 e. The van der Waals surface area contributed by atoms with E-state index < -0.39 is 5.92 Å². The summed E-state index contributed by atoms with van der Waals surface area (Å²) in [5.74, 6) is -1.09. The second-order valence-electron chi connectivity index (χ2n) is 9.51. The van der Waals surface area contributed by atoms with Crippen molar-refractivity contribution in [1.82, 2.24) is 18.9 Å². The molecule has 8 heteroatoms. The minimum atomic E-state index is -0.763. The third-order valence-corrected chi connectivity index (χ3v) is 6.37. The zero-order chi connectivity index (χ0) is 25.9. The van der Waals surface area contributed by atoms with Crippen LogP contribution in [-0.2, 0) is 13.1 Å². The van der Waals surface area contributed by atoms with Crippen molar-refractivity contribution in [3.63, 3.8) is 0 Å². The van der Waals surface area contributed by atoms with Gasteiger partial charge in [0, 0.05) is 55.1 Å². The number of aromatic nitrogens is 2. The maximum Gasteiger partial charge on any atom is 0.258 e. The average molecular weight is 481 g/mol. The molecule has 1 aromatic carbocycles. The summed E-state index contributed by atoms with van der Waals surface area (Å²) < 4.78 is 3.26. The molecule has 188 valence electrons. The molecule has 2 aromatic heterocycles. The molecule has 3 rings (SSSR count). The molecule has 0 saturated heterocycles. The molecular weight excluding hydrogens is 444 g/mol. The molecule has 1 atom stereocenters. The summed E-state index contributed by atoms with van der Waals surface area (Å²) in [6, 6.07) is 12.1. The van der Waals surface area contributed by atoms with E-state index in [4.69, 9.17) is 0 Å². The van der Waals surface area contributed by atoms with Crippen LogP contribution in [0.4, 0.5) is 0 Å². The van der Waals surface area contributed by atoms with E-state index >= 15 is 0 Å². The quantitative estimate of drug-likeness (QED) is 0.489. The predicted octanol–water partition coefficient (Wildman–Crippen LogP) is 2.34. The summed E-state index contributed by atoms with van der Waals surface area (Å²) in [6.45, 7) is 5.74. The molecular formula is C27H36N4O4. The average Bonchev–Trinajstić information content (AvgIpc) is 2.77. The van der Waals surface area contributed by atoms with E-state index in [1.54, 1.807) is 29.0 Å². The van der Waals surface area contributed by atoms with Crippen LogP contribution in [0.2, 0.25) is 0 Å². The van der Waals surface area contributed by atoms with Gasteiger partial charge in [-0.25, -0.2) is 0 Å². The minimum absolute atomic E-state index is 0.132. The van der Waals surface area contributed by atoms with Crippen molar-refractivity contribution >= 4 is 0 Å². The van der Waals surface area contributed by atoms with Crippen molar-refractivity contribution in [3.05, 3.63) is 91.3 Å². The fourth-order valence-electron chi connectivity index (χ4n) is 4.44. The number of benzene rings is 1. The molecule has 1 unspecified atom stereocenters. The van der Waals surface area contributed by atoms with Crippen molar-refractivity contribution in [2.45, 2.75) is 32.9 Å². The molecule has 0 saturated carbocycles.